The molecule has 2 amide bonds. The van der Waals surface area contributed by atoms with Gasteiger partial charge in [-0.1, -0.05) is 36.4 Å². The minimum Gasteiger partial charge on any atom is -0.376 e. The SMILES string of the molecule is CN(C)S(=O)(=O)N(Cc1ccc(C(=O)Nc2ccccc2C(=O)NCC2CCCO2)cc1)c1ccccc1F. The molecule has 0 aromatic heterocycles. The molecule has 3 aromatic carbocycles. The number of benzene rings is 3. The normalized spacial score (nSPS) is 15.2. The van der Waals surface area contributed by atoms with Crippen LogP contribution in [0, 0.1) is 5.82 Å². The van der Waals surface area contributed by atoms with Crippen LogP contribution in [0.1, 0.15) is 39.1 Å². The molecule has 1 atom stereocenters. The average Bonchev–Trinajstić information content (AvgIpc) is 3.45. The standard InChI is InChI=1S/C28H31FN4O5S/c1-32(2)39(36,37)33(26-12-6-4-10-24(26)29)19-20-13-15-21(16-14-20)27(34)31-25-11-5-3-9-23(25)28(35)30-18-22-8-7-17-38-22/h3-6,9-16,22H,7-8,17-19H2,1-2H3,(H,30,35)(H,31,34). The molecule has 206 valence electrons. The molecular formula is C28H31FN4O5S. The van der Waals surface area contributed by atoms with Gasteiger partial charge < -0.3 is 15.4 Å². The van der Waals surface area contributed by atoms with Crippen LogP contribution >= 0.6 is 0 Å². The van der Waals surface area contributed by atoms with E-state index in [1.165, 1.54) is 32.3 Å². The Hall–Kier alpha value is -3.80. The van der Waals surface area contributed by atoms with Crippen molar-refractivity contribution < 1.29 is 27.1 Å². The number of halogens is 1. The number of ether oxygens (including phenoxy) is 1. The second-order valence-corrected chi connectivity index (χ2v) is 11.4. The molecule has 39 heavy (non-hydrogen) atoms. The third-order valence-corrected chi connectivity index (χ3v) is 8.14. The topological polar surface area (TPSA) is 108 Å². The van der Waals surface area contributed by atoms with Crippen LogP contribution in [0.3, 0.4) is 0 Å². The highest BCUT2D eigenvalue weighted by atomic mass is 32.2. The van der Waals surface area contributed by atoms with Gasteiger partial charge in [0.05, 0.1) is 29.6 Å². The second kappa shape index (κ2) is 12.4. The Kier molecular flexibility index (Phi) is 8.95. The number of rotatable bonds is 10. The van der Waals surface area contributed by atoms with Gasteiger partial charge in [0, 0.05) is 32.8 Å². The number of carbonyl (C=O) groups excluding carboxylic acids is 2. The fourth-order valence-electron chi connectivity index (χ4n) is 4.16. The highest BCUT2D eigenvalue weighted by Crippen LogP contribution is 2.26. The van der Waals surface area contributed by atoms with E-state index in [0.29, 0.717) is 35.5 Å². The van der Waals surface area contributed by atoms with Gasteiger partial charge in [0.25, 0.3) is 11.8 Å². The number of hydrogen-bond acceptors (Lipinski definition) is 5. The summed E-state index contributed by atoms with van der Waals surface area (Å²) in [5, 5.41) is 5.63. The molecule has 3 aromatic rings. The maximum atomic E-state index is 14.5. The molecule has 9 nitrogen and oxygen atoms in total. The second-order valence-electron chi connectivity index (χ2n) is 9.29. The van der Waals surface area contributed by atoms with Crippen molar-refractivity contribution >= 4 is 33.4 Å². The molecule has 0 radical (unpaired) electrons. The van der Waals surface area contributed by atoms with E-state index in [1.807, 2.05) is 0 Å². The van der Waals surface area contributed by atoms with Crippen molar-refractivity contribution in [1.82, 2.24) is 9.62 Å². The summed E-state index contributed by atoms with van der Waals surface area (Å²) in [6.07, 6.45) is 1.86. The van der Waals surface area contributed by atoms with Crippen LogP contribution < -0.4 is 14.9 Å². The van der Waals surface area contributed by atoms with Gasteiger partial charge in [-0.3, -0.25) is 13.9 Å². The summed E-state index contributed by atoms with van der Waals surface area (Å²) >= 11 is 0. The van der Waals surface area contributed by atoms with Gasteiger partial charge in [-0.15, -0.1) is 0 Å². The Bertz CT molecular complexity index is 1420. The van der Waals surface area contributed by atoms with Crippen molar-refractivity contribution in [2.24, 2.45) is 0 Å². The molecule has 1 unspecified atom stereocenters. The molecular weight excluding hydrogens is 523 g/mol. The highest BCUT2D eigenvalue weighted by Gasteiger charge is 2.27. The van der Waals surface area contributed by atoms with E-state index < -0.39 is 21.9 Å². The van der Waals surface area contributed by atoms with Gasteiger partial charge in [-0.2, -0.15) is 12.7 Å². The number of amides is 2. The first-order valence-corrected chi connectivity index (χ1v) is 13.9. The number of carbonyl (C=O) groups is 2. The highest BCUT2D eigenvalue weighted by molar-refractivity contribution is 7.90. The van der Waals surface area contributed by atoms with E-state index in [4.69, 9.17) is 4.74 Å². The first-order valence-electron chi connectivity index (χ1n) is 12.5. The van der Waals surface area contributed by atoms with Gasteiger partial charge in [0.2, 0.25) is 0 Å². The van der Waals surface area contributed by atoms with E-state index in [1.54, 1.807) is 54.6 Å². The third-order valence-electron chi connectivity index (χ3n) is 6.34. The molecule has 4 rings (SSSR count). The Morgan fingerprint density at radius 3 is 2.33 bits per heavy atom. The number of hydrogen-bond donors (Lipinski definition) is 2. The monoisotopic (exact) mass is 554 g/mol. The molecule has 1 aliphatic heterocycles. The van der Waals surface area contributed by atoms with Crippen LogP contribution in [0.5, 0.6) is 0 Å². The molecule has 0 bridgehead atoms. The minimum absolute atomic E-state index is 0.00348. The maximum Gasteiger partial charge on any atom is 0.303 e. The summed E-state index contributed by atoms with van der Waals surface area (Å²) in [5.41, 5.74) is 1.46. The first kappa shape index (κ1) is 28.2. The quantitative estimate of drug-likeness (QED) is 0.397. The molecule has 0 aliphatic carbocycles. The maximum absolute atomic E-state index is 14.5. The lowest BCUT2D eigenvalue weighted by Crippen LogP contribution is -2.40. The zero-order valence-corrected chi connectivity index (χ0v) is 22.6. The van der Waals surface area contributed by atoms with Crippen LogP contribution in [0.2, 0.25) is 0 Å². The molecule has 1 aliphatic rings. The van der Waals surface area contributed by atoms with Crippen LogP contribution in [0.4, 0.5) is 15.8 Å². The van der Waals surface area contributed by atoms with Crippen molar-refractivity contribution in [2.45, 2.75) is 25.5 Å². The van der Waals surface area contributed by atoms with Gasteiger partial charge in [0.1, 0.15) is 5.82 Å². The van der Waals surface area contributed by atoms with Gasteiger partial charge in [-0.25, -0.2) is 4.39 Å². The minimum atomic E-state index is -4.00. The smallest absolute Gasteiger partial charge is 0.303 e. The molecule has 1 saturated heterocycles. The fourth-order valence-corrected chi connectivity index (χ4v) is 5.26. The Morgan fingerprint density at radius 2 is 1.67 bits per heavy atom. The number of anilines is 2. The first-order chi connectivity index (χ1) is 18.7. The van der Waals surface area contributed by atoms with Crippen molar-refractivity contribution in [3.8, 4) is 0 Å². The van der Waals surface area contributed by atoms with E-state index in [9.17, 15) is 22.4 Å². The van der Waals surface area contributed by atoms with Gasteiger partial charge >= 0.3 is 10.2 Å². The zero-order valence-electron chi connectivity index (χ0n) is 21.8. The van der Waals surface area contributed by atoms with Crippen LogP contribution in [0.15, 0.2) is 72.8 Å². The Morgan fingerprint density at radius 1 is 0.974 bits per heavy atom. The average molecular weight is 555 g/mol. The lowest BCUT2D eigenvalue weighted by molar-refractivity contribution is 0.0858. The van der Waals surface area contributed by atoms with E-state index in [-0.39, 0.29) is 24.2 Å². The number of para-hydroxylation sites is 2. The summed E-state index contributed by atoms with van der Waals surface area (Å²) in [6.45, 7) is 0.950. The van der Waals surface area contributed by atoms with Crippen LogP contribution in [-0.4, -0.2) is 57.9 Å². The summed E-state index contributed by atoms with van der Waals surface area (Å²) in [5.74, 6) is -1.42. The lowest BCUT2D eigenvalue weighted by Gasteiger charge is -2.27. The van der Waals surface area contributed by atoms with Crippen molar-refractivity contribution in [3.63, 3.8) is 0 Å². The molecule has 0 spiro atoms. The van der Waals surface area contributed by atoms with Gasteiger partial charge in [0.15, 0.2) is 0 Å². The van der Waals surface area contributed by atoms with Crippen molar-refractivity contribution in [2.75, 3.05) is 36.9 Å². The Labute approximate surface area is 227 Å². The summed E-state index contributed by atoms with van der Waals surface area (Å²) in [6, 6.07) is 18.7. The molecule has 11 heteroatoms. The summed E-state index contributed by atoms with van der Waals surface area (Å²) < 4.78 is 48.0. The molecule has 2 N–H and O–H groups in total. The molecule has 0 saturated carbocycles. The van der Waals surface area contributed by atoms with E-state index in [0.717, 1.165) is 21.5 Å². The fraction of sp³-hybridized carbons (Fsp3) is 0.286. The number of nitrogens with zero attached hydrogens (tertiary/aromatic N) is 2. The van der Waals surface area contributed by atoms with Crippen molar-refractivity contribution in [1.29, 1.82) is 0 Å². The number of nitrogens with one attached hydrogen (secondary N) is 2. The zero-order chi connectivity index (χ0) is 28.0. The third kappa shape index (κ3) is 6.80. The van der Waals surface area contributed by atoms with E-state index >= 15 is 0 Å². The summed E-state index contributed by atoms with van der Waals surface area (Å²) in [7, 11) is -1.26. The van der Waals surface area contributed by atoms with Crippen LogP contribution in [0.25, 0.3) is 0 Å². The largest absolute Gasteiger partial charge is 0.376 e. The van der Waals surface area contributed by atoms with E-state index in [2.05, 4.69) is 10.6 Å². The van der Waals surface area contributed by atoms with Crippen LogP contribution in [-0.2, 0) is 21.5 Å². The van der Waals surface area contributed by atoms with Gasteiger partial charge in [-0.05, 0) is 54.8 Å². The summed E-state index contributed by atoms with van der Waals surface area (Å²) in [4.78, 5) is 25.7. The van der Waals surface area contributed by atoms with Crippen molar-refractivity contribution in [3.05, 3.63) is 95.3 Å². The predicted octanol–water partition coefficient (Wildman–Crippen LogP) is 3.80. The molecule has 1 heterocycles. The Balaban J connectivity index is 1.47. The molecule has 1 fully saturated rings. The predicted molar refractivity (Wildman–Crippen MR) is 147 cm³/mol. The lowest BCUT2D eigenvalue weighted by atomic mass is 10.1.